The van der Waals surface area contributed by atoms with Crippen molar-refractivity contribution in [2.45, 2.75) is 33.6 Å². The number of hydrogen-bond acceptors (Lipinski definition) is 1. The highest BCUT2D eigenvalue weighted by atomic mass is 14.7. The highest BCUT2D eigenvalue weighted by Gasteiger charge is 2.13. The molecule has 0 unspecified atom stereocenters. The molecule has 0 aliphatic carbocycles. The summed E-state index contributed by atoms with van der Waals surface area (Å²) < 4.78 is 0. The molecule has 0 N–H and O–H groups in total. The van der Waals surface area contributed by atoms with Crippen LogP contribution in [0.4, 0.5) is 0 Å². The number of rotatable bonds is 0. The van der Waals surface area contributed by atoms with Crippen LogP contribution in [0.3, 0.4) is 0 Å². The lowest BCUT2D eigenvalue weighted by Crippen LogP contribution is -2.11. The molecule has 0 aliphatic rings. The molecule has 0 saturated carbocycles. The summed E-state index contributed by atoms with van der Waals surface area (Å²) in [6, 6.07) is 10.4. The summed E-state index contributed by atoms with van der Waals surface area (Å²) in [5.41, 5.74) is 2.54. The molecule has 1 heteroatoms. The highest BCUT2D eigenvalue weighted by Crippen LogP contribution is 2.24. The molecule has 1 nitrogen and oxygen atoms in total. The predicted molar refractivity (Wildman–Crippen MR) is 67.2 cm³/mol. The first-order valence-electron chi connectivity index (χ1n) is 4.93. The standard InChI is InChI=1S/C13H15N.CH4/c1-13(2,3)11-8-10-6-4-5-7-12(10)14-9-11;/h4-9H,1-3H3;1H4. The molecule has 1 aromatic carbocycles. The minimum atomic E-state index is 0. The molecule has 0 radical (unpaired) electrons. The number of aromatic nitrogens is 1. The Morgan fingerprint density at radius 1 is 1.07 bits per heavy atom. The van der Waals surface area contributed by atoms with Gasteiger partial charge in [0.1, 0.15) is 0 Å². The predicted octanol–water partition coefficient (Wildman–Crippen LogP) is 4.17. The maximum Gasteiger partial charge on any atom is 0.0702 e. The van der Waals surface area contributed by atoms with Crippen molar-refractivity contribution in [1.82, 2.24) is 4.98 Å². The molecule has 1 heterocycles. The van der Waals surface area contributed by atoms with E-state index in [4.69, 9.17) is 0 Å². The van der Waals surface area contributed by atoms with Gasteiger partial charge in [0.15, 0.2) is 0 Å². The van der Waals surface area contributed by atoms with E-state index in [2.05, 4.69) is 44.0 Å². The maximum absolute atomic E-state index is 4.45. The Bertz CT molecular complexity index is 452. The summed E-state index contributed by atoms with van der Waals surface area (Å²) in [6.07, 6.45) is 1.97. The third kappa shape index (κ3) is 2.35. The van der Waals surface area contributed by atoms with Gasteiger partial charge in [-0.05, 0) is 23.1 Å². The average Bonchev–Trinajstić information content (AvgIpc) is 2.16. The zero-order valence-electron chi connectivity index (χ0n) is 8.91. The van der Waals surface area contributed by atoms with E-state index in [1.54, 1.807) is 0 Å². The quantitative estimate of drug-likeness (QED) is 0.623. The van der Waals surface area contributed by atoms with Crippen LogP contribution in [0.1, 0.15) is 33.8 Å². The van der Waals surface area contributed by atoms with Gasteiger partial charge in [-0.3, -0.25) is 4.98 Å². The topological polar surface area (TPSA) is 12.9 Å². The van der Waals surface area contributed by atoms with Gasteiger partial charge in [-0.15, -0.1) is 0 Å². The van der Waals surface area contributed by atoms with Gasteiger partial charge in [-0.25, -0.2) is 0 Å². The molecular formula is C14H19N. The molecule has 0 spiro atoms. The molecule has 80 valence electrons. The molecule has 0 atom stereocenters. The second-order valence-corrected chi connectivity index (χ2v) is 4.67. The zero-order valence-corrected chi connectivity index (χ0v) is 8.91. The van der Waals surface area contributed by atoms with Crippen molar-refractivity contribution in [3.8, 4) is 0 Å². The van der Waals surface area contributed by atoms with Crippen LogP contribution in [0.25, 0.3) is 10.9 Å². The van der Waals surface area contributed by atoms with Crippen LogP contribution in [-0.4, -0.2) is 4.98 Å². The Balaban J connectivity index is 0.00000112. The minimum Gasteiger partial charge on any atom is -0.256 e. The molecule has 15 heavy (non-hydrogen) atoms. The number of nitrogens with zero attached hydrogens (tertiary/aromatic N) is 1. The van der Waals surface area contributed by atoms with E-state index in [1.807, 2.05) is 18.3 Å². The van der Waals surface area contributed by atoms with Crippen LogP contribution in [0.2, 0.25) is 0 Å². The van der Waals surface area contributed by atoms with E-state index in [0.717, 1.165) is 5.52 Å². The fourth-order valence-electron chi connectivity index (χ4n) is 1.48. The lowest BCUT2D eigenvalue weighted by molar-refractivity contribution is 0.589. The summed E-state index contributed by atoms with van der Waals surface area (Å²) in [6.45, 7) is 6.62. The van der Waals surface area contributed by atoms with Gasteiger partial charge >= 0.3 is 0 Å². The lowest BCUT2D eigenvalue weighted by atomic mass is 9.88. The fourth-order valence-corrected chi connectivity index (χ4v) is 1.48. The first-order valence-corrected chi connectivity index (χ1v) is 4.93. The normalized spacial score (nSPS) is 11.1. The lowest BCUT2D eigenvalue weighted by Gasteiger charge is -2.18. The number of pyridine rings is 1. The first kappa shape index (κ1) is 11.7. The molecule has 0 bridgehead atoms. The SMILES string of the molecule is C.CC(C)(C)c1cnc2ccccc2c1. The molecule has 0 amide bonds. The van der Waals surface area contributed by atoms with Crippen molar-refractivity contribution < 1.29 is 0 Å². The Kier molecular flexibility index (Phi) is 3.13. The van der Waals surface area contributed by atoms with E-state index in [-0.39, 0.29) is 12.8 Å². The van der Waals surface area contributed by atoms with Gasteiger partial charge < -0.3 is 0 Å². The second kappa shape index (κ2) is 4.01. The second-order valence-electron chi connectivity index (χ2n) is 4.67. The summed E-state index contributed by atoms with van der Waals surface area (Å²) in [7, 11) is 0. The summed E-state index contributed by atoms with van der Waals surface area (Å²) >= 11 is 0. The van der Waals surface area contributed by atoms with E-state index in [9.17, 15) is 0 Å². The molecule has 1 aromatic heterocycles. The molecule has 0 aliphatic heterocycles. The van der Waals surface area contributed by atoms with Crippen molar-refractivity contribution in [3.63, 3.8) is 0 Å². The highest BCUT2D eigenvalue weighted by molar-refractivity contribution is 5.78. The molecule has 2 rings (SSSR count). The number of para-hydroxylation sites is 1. The summed E-state index contributed by atoms with van der Waals surface area (Å²) in [5.74, 6) is 0. The Morgan fingerprint density at radius 3 is 2.40 bits per heavy atom. The van der Waals surface area contributed by atoms with Crippen LogP contribution in [0.15, 0.2) is 36.5 Å². The van der Waals surface area contributed by atoms with Crippen molar-refractivity contribution in [2.75, 3.05) is 0 Å². The van der Waals surface area contributed by atoms with Crippen molar-refractivity contribution in [3.05, 3.63) is 42.1 Å². The molecule has 2 aromatic rings. The van der Waals surface area contributed by atoms with E-state index >= 15 is 0 Å². The van der Waals surface area contributed by atoms with E-state index < -0.39 is 0 Å². The largest absolute Gasteiger partial charge is 0.256 e. The van der Waals surface area contributed by atoms with Gasteiger partial charge in [0.05, 0.1) is 5.52 Å². The van der Waals surface area contributed by atoms with Gasteiger partial charge in [0, 0.05) is 11.6 Å². The summed E-state index contributed by atoms with van der Waals surface area (Å²) in [5, 5.41) is 1.22. The van der Waals surface area contributed by atoms with Gasteiger partial charge in [-0.1, -0.05) is 46.4 Å². The summed E-state index contributed by atoms with van der Waals surface area (Å²) in [4.78, 5) is 4.45. The van der Waals surface area contributed by atoms with Crippen LogP contribution >= 0.6 is 0 Å². The monoisotopic (exact) mass is 201 g/mol. The first-order chi connectivity index (χ1) is 6.57. The smallest absolute Gasteiger partial charge is 0.0702 e. The maximum atomic E-state index is 4.45. The minimum absolute atomic E-state index is 0. The third-order valence-electron chi connectivity index (χ3n) is 2.46. The van der Waals surface area contributed by atoms with Crippen LogP contribution in [0.5, 0.6) is 0 Å². The van der Waals surface area contributed by atoms with Gasteiger partial charge in [-0.2, -0.15) is 0 Å². The van der Waals surface area contributed by atoms with Crippen molar-refractivity contribution >= 4 is 10.9 Å². The number of fused-ring (bicyclic) bond motifs is 1. The van der Waals surface area contributed by atoms with Crippen molar-refractivity contribution in [1.29, 1.82) is 0 Å². The Morgan fingerprint density at radius 2 is 1.73 bits per heavy atom. The number of hydrogen-bond donors (Lipinski definition) is 0. The number of benzene rings is 1. The van der Waals surface area contributed by atoms with Crippen LogP contribution in [-0.2, 0) is 5.41 Å². The van der Waals surface area contributed by atoms with Gasteiger partial charge in [0.2, 0.25) is 0 Å². The fraction of sp³-hybridized carbons (Fsp3) is 0.357. The van der Waals surface area contributed by atoms with E-state index in [1.165, 1.54) is 10.9 Å². The Hall–Kier alpha value is -1.37. The molecular weight excluding hydrogens is 182 g/mol. The zero-order chi connectivity index (χ0) is 10.2. The van der Waals surface area contributed by atoms with Crippen LogP contribution in [0, 0.1) is 0 Å². The van der Waals surface area contributed by atoms with Crippen molar-refractivity contribution in [2.24, 2.45) is 0 Å². The molecule has 0 fully saturated rings. The van der Waals surface area contributed by atoms with Crippen LogP contribution < -0.4 is 0 Å². The molecule has 0 saturated heterocycles. The van der Waals surface area contributed by atoms with E-state index in [0.29, 0.717) is 0 Å². The average molecular weight is 201 g/mol. The Labute approximate surface area is 92.2 Å². The van der Waals surface area contributed by atoms with Gasteiger partial charge in [0.25, 0.3) is 0 Å². The third-order valence-corrected chi connectivity index (χ3v) is 2.46.